The number of aromatic hydroxyl groups is 2. The maximum absolute atomic E-state index is 13.0. The first-order valence-corrected chi connectivity index (χ1v) is 12.3. The molecule has 4 rings (SSSR count). The maximum atomic E-state index is 13.0. The van der Waals surface area contributed by atoms with Crippen LogP contribution in [0, 0.1) is 0 Å². The Labute approximate surface area is 216 Å². The van der Waals surface area contributed by atoms with E-state index in [0.717, 1.165) is 16.2 Å². The molecule has 0 aliphatic carbocycles. The van der Waals surface area contributed by atoms with Crippen LogP contribution in [0.5, 0.6) is 11.5 Å². The van der Waals surface area contributed by atoms with E-state index in [2.05, 4.69) is 20.3 Å². The number of carboxylic acid groups (broad SMARTS) is 2. The molecule has 1 saturated heterocycles. The van der Waals surface area contributed by atoms with Gasteiger partial charge in [0, 0.05) is 11.1 Å². The summed E-state index contributed by atoms with van der Waals surface area (Å²) in [7, 11) is 0. The Hall–Kier alpha value is -4.31. The Kier molecular flexibility index (Phi) is 7.21. The molecule has 2 atom stereocenters. The number of oxime groups is 1. The van der Waals surface area contributed by atoms with Crippen LogP contribution in [0.25, 0.3) is 0 Å². The van der Waals surface area contributed by atoms with Crippen molar-refractivity contribution >= 4 is 57.7 Å². The summed E-state index contributed by atoms with van der Waals surface area (Å²) in [5.41, 5.74) is 5.94. The first-order chi connectivity index (χ1) is 17.6. The van der Waals surface area contributed by atoms with Crippen LogP contribution in [-0.2, 0) is 30.4 Å². The van der Waals surface area contributed by atoms with Gasteiger partial charge in [0.1, 0.15) is 22.8 Å². The van der Waals surface area contributed by atoms with E-state index in [0.29, 0.717) is 11.1 Å². The fourth-order valence-electron chi connectivity index (χ4n) is 3.71. The van der Waals surface area contributed by atoms with Gasteiger partial charge in [0.15, 0.2) is 22.3 Å². The topological polar surface area (TPSA) is 225 Å². The molecule has 2 amide bonds. The number of aliphatic carboxylic acids is 2. The molecule has 7 N–H and O–H groups in total. The third kappa shape index (κ3) is 5.29. The molecular weight excluding hydrogens is 530 g/mol. The first-order valence-electron chi connectivity index (χ1n) is 10.4. The van der Waals surface area contributed by atoms with Crippen molar-refractivity contribution in [3.63, 3.8) is 0 Å². The predicted molar refractivity (Wildman–Crippen MR) is 130 cm³/mol. The number of hydrogen-bond donors (Lipinski definition) is 6. The minimum absolute atomic E-state index is 0.0101. The van der Waals surface area contributed by atoms with Crippen LogP contribution >= 0.6 is 23.1 Å². The molecule has 0 spiro atoms. The standard InChI is InChI=1S/C21H19N5O9S2/c22-21-23-10(7-37-21)14(25-35-5-13(29)30)17(31)24-15-18(32)26-16(20(33)34)9(6-36-19(15)26)3-8-1-2-11(27)12(28)4-8/h1-2,4,7,15,19,27-28H,3,5-6H2,(H2,22,23)(H,24,31)(H,29,30)(H,33,34)/t15?,19-/m0/s1. The number of thiazole rings is 1. The van der Waals surface area contributed by atoms with Gasteiger partial charge in [-0.25, -0.2) is 14.6 Å². The van der Waals surface area contributed by atoms with Crippen molar-refractivity contribution in [3.8, 4) is 11.5 Å². The number of hydrogen-bond acceptors (Lipinski definition) is 12. The summed E-state index contributed by atoms with van der Waals surface area (Å²) in [5, 5.41) is 44.6. The highest BCUT2D eigenvalue weighted by Gasteiger charge is 2.54. The molecule has 194 valence electrons. The number of amides is 2. The van der Waals surface area contributed by atoms with Gasteiger partial charge in [-0.1, -0.05) is 11.2 Å². The number of phenolic OH excluding ortho intramolecular Hbond substituents is 2. The lowest BCUT2D eigenvalue weighted by atomic mass is 9.98. The van der Waals surface area contributed by atoms with E-state index in [-0.39, 0.29) is 40.2 Å². The monoisotopic (exact) mass is 549 g/mol. The van der Waals surface area contributed by atoms with Gasteiger partial charge < -0.3 is 36.3 Å². The van der Waals surface area contributed by atoms with E-state index < -0.39 is 47.5 Å². The van der Waals surface area contributed by atoms with E-state index in [9.17, 15) is 34.5 Å². The molecule has 0 radical (unpaired) electrons. The van der Waals surface area contributed by atoms with Crippen molar-refractivity contribution in [2.45, 2.75) is 17.8 Å². The molecule has 0 bridgehead atoms. The summed E-state index contributed by atoms with van der Waals surface area (Å²) in [4.78, 5) is 58.4. The highest BCUT2D eigenvalue weighted by Crippen LogP contribution is 2.41. The molecule has 2 aliphatic rings. The number of nitrogens with one attached hydrogen (secondary N) is 1. The van der Waals surface area contributed by atoms with Gasteiger partial charge in [0.25, 0.3) is 11.8 Å². The molecule has 2 aliphatic heterocycles. The average molecular weight is 550 g/mol. The molecule has 2 aromatic rings. The molecule has 1 aromatic heterocycles. The minimum Gasteiger partial charge on any atom is -0.504 e. The molecule has 0 saturated carbocycles. The van der Waals surface area contributed by atoms with Crippen molar-refractivity contribution in [2.24, 2.45) is 5.16 Å². The number of aromatic nitrogens is 1. The zero-order valence-electron chi connectivity index (χ0n) is 18.7. The summed E-state index contributed by atoms with van der Waals surface area (Å²) < 4.78 is 0. The Bertz CT molecular complexity index is 1360. The second kappa shape index (κ2) is 10.4. The van der Waals surface area contributed by atoms with Gasteiger partial charge in [-0.2, -0.15) is 0 Å². The van der Waals surface area contributed by atoms with Gasteiger partial charge in [-0.05, 0) is 29.7 Å². The number of fused-ring (bicyclic) bond motifs is 1. The first kappa shape index (κ1) is 25.8. The third-order valence-electron chi connectivity index (χ3n) is 5.32. The van der Waals surface area contributed by atoms with Crippen molar-refractivity contribution in [1.82, 2.24) is 15.2 Å². The lowest BCUT2D eigenvalue weighted by Gasteiger charge is -2.49. The highest BCUT2D eigenvalue weighted by atomic mass is 32.2. The Morgan fingerprint density at radius 1 is 1.24 bits per heavy atom. The lowest BCUT2D eigenvalue weighted by molar-refractivity contribution is -0.150. The van der Waals surface area contributed by atoms with Crippen molar-refractivity contribution in [2.75, 3.05) is 18.1 Å². The number of phenols is 2. The molecule has 14 nitrogen and oxygen atoms in total. The van der Waals surface area contributed by atoms with E-state index in [4.69, 9.17) is 10.8 Å². The Balaban J connectivity index is 1.53. The van der Waals surface area contributed by atoms with Crippen LogP contribution < -0.4 is 11.1 Å². The van der Waals surface area contributed by atoms with Crippen LogP contribution in [0.3, 0.4) is 0 Å². The Morgan fingerprint density at radius 3 is 2.62 bits per heavy atom. The number of anilines is 1. The van der Waals surface area contributed by atoms with Crippen molar-refractivity contribution in [1.29, 1.82) is 0 Å². The molecular formula is C21H19N5O9S2. The Morgan fingerprint density at radius 2 is 2.00 bits per heavy atom. The summed E-state index contributed by atoms with van der Waals surface area (Å²) in [6.07, 6.45) is 0.110. The number of nitrogens with two attached hydrogens (primary N) is 1. The molecule has 3 heterocycles. The maximum Gasteiger partial charge on any atom is 0.352 e. The predicted octanol–water partition coefficient (Wildman–Crippen LogP) is -0.0769. The molecule has 1 aromatic carbocycles. The van der Waals surface area contributed by atoms with Gasteiger partial charge in [0.2, 0.25) is 6.61 Å². The highest BCUT2D eigenvalue weighted by molar-refractivity contribution is 8.00. The average Bonchev–Trinajstić information content (AvgIpc) is 3.27. The van der Waals surface area contributed by atoms with Crippen LogP contribution in [0.1, 0.15) is 11.3 Å². The summed E-state index contributed by atoms with van der Waals surface area (Å²) in [6.45, 7) is -0.820. The largest absolute Gasteiger partial charge is 0.504 e. The summed E-state index contributed by atoms with van der Waals surface area (Å²) in [6, 6.07) is 3.02. The third-order valence-corrected chi connectivity index (χ3v) is 7.33. The second-order valence-corrected chi connectivity index (χ2v) is 9.79. The number of carboxylic acids is 2. The van der Waals surface area contributed by atoms with Gasteiger partial charge in [0.05, 0.1) is 0 Å². The normalized spacial score (nSPS) is 19.2. The van der Waals surface area contributed by atoms with Gasteiger partial charge >= 0.3 is 11.9 Å². The zero-order valence-corrected chi connectivity index (χ0v) is 20.3. The minimum atomic E-state index is -1.33. The molecule has 1 fully saturated rings. The van der Waals surface area contributed by atoms with Crippen LogP contribution in [0.2, 0.25) is 0 Å². The molecule has 16 heteroatoms. The van der Waals surface area contributed by atoms with E-state index in [1.807, 2.05) is 0 Å². The fraction of sp³-hybridized carbons (Fsp3) is 0.238. The summed E-state index contributed by atoms with van der Waals surface area (Å²) >= 11 is 2.24. The van der Waals surface area contributed by atoms with Gasteiger partial charge in [-0.3, -0.25) is 14.5 Å². The number of nitrogens with zero attached hydrogens (tertiary/aromatic N) is 3. The number of rotatable bonds is 9. The number of benzene rings is 1. The van der Waals surface area contributed by atoms with Gasteiger partial charge in [-0.15, -0.1) is 23.1 Å². The van der Waals surface area contributed by atoms with Crippen LogP contribution in [0.15, 0.2) is 40.0 Å². The fourth-order valence-corrected chi connectivity index (χ4v) is 5.60. The summed E-state index contributed by atoms with van der Waals surface area (Å²) in [5.74, 6) is -4.67. The zero-order chi connectivity index (χ0) is 26.9. The van der Waals surface area contributed by atoms with Crippen molar-refractivity contribution < 1.29 is 44.4 Å². The number of nitrogen functional groups attached to an aromatic ring is 1. The molecule has 37 heavy (non-hydrogen) atoms. The number of carbonyl (C=O) groups excluding carboxylic acids is 2. The quantitative estimate of drug-likeness (QED) is 0.105. The smallest absolute Gasteiger partial charge is 0.352 e. The second-order valence-electron chi connectivity index (χ2n) is 7.80. The van der Waals surface area contributed by atoms with E-state index in [1.54, 1.807) is 0 Å². The number of carbonyl (C=O) groups is 4. The van der Waals surface area contributed by atoms with E-state index in [1.165, 1.54) is 35.3 Å². The number of thioether (sulfide) groups is 1. The number of β-lactam (4-membered cyclic amide) rings is 1. The van der Waals surface area contributed by atoms with Crippen LogP contribution in [0.4, 0.5) is 5.13 Å². The molecule has 1 unspecified atom stereocenters. The van der Waals surface area contributed by atoms with Crippen LogP contribution in [-0.4, -0.2) is 83.6 Å². The van der Waals surface area contributed by atoms with E-state index >= 15 is 0 Å². The van der Waals surface area contributed by atoms with Crippen molar-refractivity contribution in [3.05, 3.63) is 46.1 Å². The SMILES string of the molecule is Nc1nc(C(=NOCC(=O)O)C(=O)NC2C(=O)N3C(C(=O)O)=C(Cc4ccc(O)c(O)c4)CS[C@@H]23)cs1. The lowest BCUT2D eigenvalue weighted by Crippen LogP contribution is -2.71.